The molecule has 1 spiro atoms. The van der Waals surface area contributed by atoms with E-state index in [2.05, 4.69) is 26.7 Å². The summed E-state index contributed by atoms with van der Waals surface area (Å²) in [5.41, 5.74) is 10.1. The second-order valence-corrected chi connectivity index (χ2v) is 8.07. The standard InChI is InChI=1S/C19H19BrFN5O2/c20-12-3-2-11-16(17(12)21)19(5-6-19)9-26(18(11)28)8-15(27)24-10-1-4-13(22)14(7-10)25-23/h1-4,7,25H,5-6,8-9,22-23H2,(H,24,27). The lowest BCUT2D eigenvalue weighted by Crippen LogP contribution is -2.47. The van der Waals surface area contributed by atoms with Crippen molar-refractivity contribution in [3.8, 4) is 0 Å². The van der Waals surface area contributed by atoms with Crippen LogP contribution in [-0.4, -0.2) is 29.8 Å². The van der Waals surface area contributed by atoms with Crippen molar-refractivity contribution in [1.29, 1.82) is 0 Å². The van der Waals surface area contributed by atoms with Crippen LogP contribution in [0.3, 0.4) is 0 Å². The molecule has 1 aliphatic carbocycles. The lowest BCUT2D eigenvalue weighted by molar-refractivity contribution is -0.117. The third-order valence-electron chi connectivity index (χ3n) is 5.32. The van der Waals surface area contributed by atoms with Gasteiger partial charge in [0.2, 0.25) is 5.91 Å². The number of hydrazine groups is 1. The number of halogens is 2. The molecule has 1 heterocycles. The fourth-order valence-corrected chi connectivity index (χ4v) is 4.08. The van der Waals surface area contributed by atoms with Gasteiger partial charge >= 0.3 is 0 Å². The number of anilines is 3. The first kappa shape index (κ1) is 18.7. The number of carbonyl (C=O) groups excluding carboxylic acids is 2. The van der Waals surface area contributed by atoms with E-state index in [0.29, 0.717) is 39.2 Å². The molecule has 0 radical (unpaired) electrons. The molecule has 2 aliphatic rings. The molecular formula is C19H19BrFN5O2. The smallest absolute Gasteiger partial charge is 0.254 e. The number of benzene rings is 2. The van der Waals surface area contributed by atoms with E-state index in [9.17, 15) is 14.0 Å². The van der Waals surface area contributed by atoms with Crippen molar-refractivity contribution in [2.45, 2.75) is 18.3 Å². The number of fused-ring (bicyclic) bond motifs is 2. The summed E-state index contributed by atoms with van der Waals surface area (Å²) in [6, 6.07) is 8.02. The third-order valence-corrected chi connectivity index (χ3v) is 5.93. The Morgan fingerprint density at radius 2 is 2.04 bits per heavy atom. The summed E-state index contributed by atoms with van der Waals surface area (Å²) in [5.74, 6) is 4.33. The zero-order chi connectivity index (χ0) is 20.1. The molecule has 9 heteroatoms. The molecule has 1 saturated carbocycles. The monoisotopic (exact) mass is 447 g/mol. The molecule has 6 N–H and O–H groups in total. The number of nitrogens with one attached hydrogen (secondary N) is 2. The first-order valence-electron chi connectivity index (χ1n) is 8.78. The van der Waals surface area contributed by atoms with Crippen LogP contribution in [0, 0.1) is 5.82 Å². The number of nitrogens with two attached hydrogens (primary N) is 2. The van der Waals surface area contributed by atoms with Crippen molar-refractivity contribution in [3.05, 3.63) is 51.7 Å². The number of nitrogen functional groups attached to an aromatic ring is 2. The molecule has 1 aliphatic heterocycles. The molecule has 0 saturated heterocycles. The SMILES string of the molecule is NNc1cc(NC(=O)CN2CC3(CC3)c3c(ccc(Br)c3F)C2=O)ccc1N. The van der Waals surface area contributed by atoms with Gasteiger partial charge in [-0.2, -0.15) is 0 Å². The van der Waals surface area contributed by atoms with Crippen molar-refractivity contribution in [2.75, 3.05) is 29.6 Å². The quantitative estimate of drug-likeness (QED) is 0.326. The lowest BCUT2D eigenvalue weighted by atomic mass is 9.86. The largest absolute Gasteiger partial charge is 0.397 e. The number of rotatable bonds is 4. The van der Waals surface area contributed by atoms with Crippen LogP contribution in [0.25, 0.3) is 0 Å². The number of amides is 2. The van der Waals surface area contributed by atoms with E-state index >= 15 is 0 Å². The first-order chi connectivity index (χ1) is 13.3. The normalized spacial score (nSPS) is 16.7. The fraction of sp³-hybridized carbons (Fsp3) is 0.263. The molecule has 2 aromatic rings. The van der Waals surface area contributed by atoms with Gasteiger partial charge in [0.25, 0.3) is 5.91 Å². The second kappa shape index (κ2) is 6.75. The van der Waals surface area contributed by atoms with Gasteiger partial charge in [0, 0.05) is 28.8 Å². The van der Waals surface area contributed by atoms with Gasteiger partial charge in [-0.15, -0.1) is 0 Å². The Morgan fingerprint density at radius 3 is 2.71 bits per heavy atom. The van der Waals surface area contributed by atoms with Gasteiger partial charge in [-0.25, -0.2) is 4.39 Å². The van der Waals surface area contributed by atoms with Crippen LogP contribution in [0.1, 0.15) is 28.8 Å². The highest BCUT2D eigenvalue weighted by Crippen LogP contribution is 2.53. The van der Waals surface area contributed by atoms with Crippen LogP contribution < -0.4 is 22.3 Å². The van der Waals surface area contributed by atoms with Gasteiger partial charge in [0.1, 0.15) is 12.4 Å². The molecule has 0 atom stereocenters. The molecule has 2 amide bonds. The van der Waals surface area contributed by atoms with Gasteiger partial charge < -0.3 is 21.4 Å². The summed E-state index contributed by atoms with van der Waals surface area (Å²) in [5, 5.41) is 2.74. The maximum Gasteiger partial charge on any atom is 0.254 e. The van der Waals surface area contributed by atoms with Crippen LogP contribution >= 0.6 is 15.9 Å². The second-order valence-electron chi connectivity index (χ2n) is 7.22. The highest BCUT2D eigenvalue weighted by Gasteiger charge is 2.53. The number of hydrogen-bond acceptors (Lipinski definition) is 5. The molecule has 0 unspecified atom stereocenters. The fourth-order valence-electron chi connectivity index (χ4n) is 3.75. The molecule has 0 aromatic heterocycles. The Morgan fingerprint density at radius 1 is 1.29 bits per heavy atom. The van der Waals surface area contributed by atoms with E-state index < -0.39 is 5.41 Å². The van der Waals surface area contributed by atoms with E-state index in [1.54, 1.807) is 24.3 Å². The van der Waals surface area contributed by atoms with E-state index in [0.717, 1.165) is 12.8 Å². The number of nitrogens with zero attached hydrogens (tertiary/aromatic N) is 1. The summed E-state index contributed by atoms with van der Waals surface area (Å²) in [6.07, 6.45) is 1.59. The third kappa shape index (κ3) is 3.10. The molecule has 7 nitrogen and oxygen atoms in total. The van der Waals surface area contributed by atoms with Gasteiger partial charge in [0.05, 0.1) is 15.8 Å². The Labute approximate surface area is 169 Å². The minimum absolute atomic E-state index is 0.118. The van der Waals surface area contributed by atoms with Crippen LogP contribution in [0.15, 0.2) is 34.8 Å². The topological polar surface area (TPSA) is 113 Å². The highest BCUT2D eigenvalue weighted by atomic mass is 79.9. The van der Waals surface area contributed by atoms with E-state index in [1.807, 2.05) is 0 Å². The maximum atomic E-state index is 14.7. The van der Waals surface area contributed by atoms with Crippen molar-refractivity contribution >= 4 is 44.8 Å². The van der Waals surface area contributed by atoms with E-state index in [1.165, 1.54) is 11.0 Å². The molecule has 146 valence electrons. The average Bonchev–Trinajstić information content (AvgIpc) is 3.43. The van der Waals surface area contributed by atoms with Gasteiger partial charge in [0.15, 0.2) is 0 Å². The molecule has 1 fully saturated rings. The average molecular weight is 448 g/mol. The minimum Gasteiger partial charge on any atom is -0.397 e. The summed E-state index contributed by atoms with van der Waals surface area (Å²) >= 11 is 3.20. The Bertz CT molecular complexity index is 993. The van der Waals surface area contributed by atoms with Crippen LogP contribution in [-0.2, 0) is 10.2 Å². The van der Waals surface area contributed by atoms with Crippen LogP contribution in [0.5, 0.6) is 0 Å². The van der Waals surface area contributed by atoms with E-state index in [-0.39, 0.29) is 24.2 Å². The van der Waals surface area contributed by atoms with Crippen molar-refractivity contribution in [3.63, 3.8) is 0 Å². The molecule has 0 bridgehead atoms. The van der Waals surface area contributed by atoms with Crippen molar-refractivity contribution in [1.82, 2.24) is 4.90 Å². The van der Waals surface area contributed by atoms with Crippen LogP contribution in [0.2, 0.25) is 0 Å². The molecule has 2 aromatic carbocycles. The predicted molar refractivity (Wildman–Crippen MR) is 108 cm³/mol. The van der Waals surface area contributed by atoms with Gasteiger partial charge in [-0.3, -0.25) is 15.4 Å². The molecule has 28 heavy (non-hydrogen) atoms. The summed E-state index contributed by atoms with van der Waals surface area (Å²) in [7, 11) is 0. The number of hydrogen-bond donors (Lipinski definition) is 4. The van der Waals surface area contributed by atoms with Crippen molar-refractivity contribution in [2.24, 2.45) is 5.84 Å². The highest BCUT2D eigenvalue weighted by molar-refractivity contribution is 9.10. The van der Waals surface area contributed by atoms with E-state index in [4.69, 9.17) is 11.6 Å². The van der Waals surface area contributed by atoms with Gasteiger partial charge in [-0.05, 0) is 59.1 Å². The van der Waals surface area contributed by atoms with Gasteiger partial charge in [-0.1, -0.05) is 0 Å². The predicted octanol–water partition coefficient (Wildman–Crippen LogP) is 2.58. The van der Waals surface area contributed by atoms with Crippen LogP contribution in [0.4, 0.5) is 21.5 Å². The summed E-state index contributed by atoms with van der Waals surface area (Å²) in [4.78, 5) is 26.8. The summed E-state index contributed by atoms with van der Waals surface area (Å²) < 4.78 is 15.0. The zero-order valence-corrected chi connectivity index (χ0v) is 16.5. The van der Waals surface area contributed by atoms with Crippen molar-refractivity contribution < 1.29 is 14.0 Å². The zero-order valence-electron chi connectivity index (χ0n) is 14.9. The maximum absolute atomic E-state index is 14.7. The number of carbonyl (C=O) groups is 2. The first-order valence-corrected chi connectivity index (χ1v) is 9.58. The minimum atomic E-state index is -0.394. The Kier molecular flexibility index (Phi) is 4.51. The lowest BCUT2D eigenvalue weighted by Gasteiger charge is -2.34. The Hall–Kier alpha value is -2.65. The Balaban J connectivity index is 1.54. The molecular weight excluding hydrogens is 429 g/mol. The summed E-state index contributed by atoms with van der Waals surface area (Å²) in [6.45, 7) is 0.213. The molecule has 4 rings (SSSR count).